The van der Waals surface area contributed by atoms with Gasteiger partial charge in [-0.3, -0.25) is 14.9 Å². The molecule has 0 amide bonds. The fourth-order valence-corrected chi connectivity index (χ4v) is 2.58. The summed E-state index contributed by atoms with van der Waals surface area (Å²) < 4.78 is 11.4. The minimum atomic E-state index is -0.766. The Morgan fingerprint density at radius 1 is 1.36 bits per heavy atom. The summed E-state index contributed by atoms with van der Waals surface area (Å²) in [6, 6.07) is 3.10. The van der Waals surface area contributed by atoms with E-state index >= 15 is 0 Å². The van der Waals surface area contributed by atoms with Gasteiger partial charge in [0.1, 0.15) is 17.2 Å². The Bertz CT molecular complexity index is 847. The zero-order chi connectivity index (χ0) is 18.9. The Hall–Kier alpha value is -2.90. The minimum absolute atomic E-state index is 0.112. The van der Waals surface area contributed by atoms with E-state index in [-0.39, 0.29) is 11.2 Å². The van der Waals surface area contributed by atoms with Crippen molar-refractivity contribution in [1.29, 1.82) is 0 Å². The van der Waals surface area contributed by atoms with Gasteiger partial charge in [-0.2, -0.15) is 0 Å². The number of carbonyl (C=O) groups excluding carboxylic acids is 2. The van der Waals surface area contributed by atoms with Gasteiger partial charge >= 0.3 is 6.09 Å². The third-order valence-corrected chi connectivity index (χ3v) is 3.54. The second-order valence-electron chi connectivity index (χ2n) is 6.75. The lowest BCUT2D eigenvalue weighted by atomic mass is 10.1. The molecule has 1 unspecified atom stereocenters. The fourth-order valence-electron chi connectivity index (χ4n) is 2.58. The Kier molecular flexibility index (Phi) is 4.82. The van der Waals surface area contributed by atoms with E-state index in [1.165, 1.54) is 12.3 Å². The molecule has 2 rings (SSSR count). The number of benzene rings is 1. The molecule has 1 heterocycles. The number of rotatable bonds is 4. The summed E-state index contributed by atoms with van der Waals surface area (Å²) in [5.74, 6) is 0. The predicted octanol–water partition coefficient (Wildman–Crippen LogP) is 3.88. The van der Waals surface area contributed by atoms with Gasteiger partial charge in [-0.05, 0) is 46.2 Å². The van der Waals surface area contributed by atoms with Crippen LogP contribution in [0.4, 0.5) is 10.5 Å². The number of nitrogens with zero attached hydrogens (tertiary/aromatic N) is 2. The number of ether oxygens (including phenoxy) is 2. The van der Waals surface area contributed by atoms with Crippen LogP contribution in [0.3, 0.4) is 0 Å². The summed E-state index contributed by atoms with van der Waals surface area (Å²) in [6.45, 7) is 8.74. The van der Waals surface area contributed by atoms with E-state index in [4.69, 9.17) is 9.47 Å². The minimum Gasteiger partial charge on any atom is -0.460 e. The molecule has 0 N–H and O–H groups in total. The fraction of sp³-hybridized carbons (Fsp3) is 0.412. The molecule has 1 aromatic carbocycles. The first-order valence-electron chi connectivity index (χ1n) is 7.67. The lowest BCUT2D eigenvalue weighted by molar-refractivity contribution is -0.383. The predicted molar refractivity (Wildman–Crippen MR) is 90.5 cm³/mol. The number of non-ortho nitro benzene ring substituents is 1. The molecule has 8 heteroatoms. The SMILES string of the molecule is Cc1cc([N+](=O)[O-])c2c(c1)c(C(C)OC=O)cn2C(=O)OC(C)(C)C. The van der Waals surface area contributed by atoms with Crippen LogP contribution in [0, 0.1) is 17.0 Å². The van der Waals surface area contributed by atoms with E-state index in [0.717, 1.165) is 4.57 Å². The van der Waals surface area contributed by atoms with Gasteiger partial charge in [0.25, 0.3) is 12.2 Å². The average molecular weight is 348 g/mol. The van der Waals surface area contributed by atoms with E-state index in [2.05, 4.69) is 0 Å². The summed E-state index contributed by atoms with van der Waals surface area (Å²) in [4.78, 5) is 34.1. The van der Waals surface area contributed by atoms with Gasteiger partial charge in [-0.1, -0.05) is 0 Å². The number of aromatic nitrogens is 1. The zero-order valence-corrected chi connectivity index (χ0v) is 14.7. The Labute approximate surface area is 144 Å². The topological polar surface area (TPSA) is 101 Å². The molecular formula is C17H20N2O6. The van der Waals surface area contributed by atoms with Crippen LogP contribution in [-0.2, 0) is 14.3 Å². The highest BCUT2D eigenvalue weighted by Gasteiger charge is 2.28. The number of nitro benzene ring substituents is 1. The van der Waals surface area contributed by atoms with Crippen molar-refractivity contribution in [2.75, 3.05) is 0 Å². The van der Waals surface area contributed by atoms with Gasteiger partial charge in [0, 0.05) is 23.2 Å². The molecular weight excluding hydrogens is 328 g/mol. The van der Waals surface area contributed by atoms with E-state index in [1.807, 2.05) is 0 Å². The maximum Gasteiger partial charge on any atom is 0.419 e. The molecule has 0 fully saturated rings. The van der Waals surface area contributed by atoms with Gasteiger partial charge < -0.3 is 9.47 Å². The Morgan fingerprint density at radius 2 is 2.00 bits per heavy atom. The first-order chi connectivity index (χ1) is 11.5. The van der Waals surface area contributed by atoms with Crippen LogP contribution in [0.5, 0.6) is 0 Å². The molecule has 8 nitrogen and oxygen atoms in total. The lowest BCUT2D eigenvalue weighted by Gasteiger charge is -2.19. The summed E-state index contributed by atoms with van der Waals surface area (Å²) in [7, 11) is 0. The molecule has 134 valence electrons. The lowest BCUT2D eigenvalue weighted by Crippen LogP contribution is -2.26. The molecule has 0 aliphatic rings. The third-order valence-electron chi connectivity index (χ3n) is 3.54. The summed E-state index contributed by atoms with van der Waals surface area (Å²) in [5, 5.41) is 11.9. The van der Waals surface area contributed by atoms with E-state index < -0.39 is 22.7 Å². The van der Waals surface area contributed by atoms with Crippen molar-refractivity contribution in [2.45, 2.75) is 46.3 Å². The Morgan fingerprint density at radius 3 is 2.52 bits per heavy atom. The smallest absolute Gasteiger partial charge is 0.419 e. The van der Waals surface area contributed by atoms with Crippen molar-refractivity contribution >= 4 is 29.2 Å². The maximum atomic E-state index is 12.5. The van der Waals surface area contributed by atoms with Crippen LogP contribution in [0.2, 0.25) is 0 Å². The standard InChI is InChI=1S/C17H20N2O6/c1-10-6-12-13(11(2)24-9-20)8-18(16(21)25-17(3,4)5)15(12)14(7-10)19(22)23/h6-9,11H,1-5H3. The second-order valence-corrected chi connectivity index (χ2v) is 6.75. The molecule has 0 aliphatic heterocycles. The number of nitro groups is 1. The van der Waals surface area contributed by atoms with Crippen molar-refractivity contribution in [2.24, 2.45) is 0 Å². The zero-order valence-electron chi connectivity index (χ0n) is 14.7. The molecule has 0 aliphatic carbocycles. The third kappa shape index (κ3) is 3.78. The first kappa shape index (κ1) is 18.4. The van der Waals surface area contributed by atoms with Crippen LogP contribution in [0.1, 0.15) is 44.9 Å². The number of aryl methyl sites for hydroxylation is 1. The Balaban J connectivity index is 2.78. The first-order valence-corrected chi connectivity index (χ1v) is 7.67. The molecule has 0 radical (unpaired) electrons. The number of carbonyl (C=O) groups is 2. The van der Waals surface area contributed by atoms with E-state index in [1.54, 1.807) is 40.7 Å². The molecule has 1 atom stereocenters. The van der Waals surface area contributed by atoms with Gasteiger partial charge in [0.05, 0.1) is 4.92 Å². The largest absolute Gasteiger partial charge is 0.460 e. The number of hydrogen-bond acceptors (Lipinski definition) is 6. The molecule has 25 heavy (non-hydrogen) atoms. The van der Waals surface area contributed by atoms with Crippen LogP contribution in [-0.4, -0.2) is 27.7 Å². The van der Waals surface area contributed by atoms with Gasteiger partial charge in [0.15, 0.2) is 0 Å². The highest BCUT2D eigenvalue weighted by molar-refractivity contribution is 5.98. The number of hydrogen-bond donors (Lipinski definition) is 0. The molecule has 0 spiro atoms. The molecule has 0 saturated heterocycles. The number of fused-ring (bicyclic) bond motifs is 1. The van der Waals surface area contributed by atoms with Gasteiger partial charge in [-0.15, -0.1) is 0 Å². The molecule has 0 bridgehead atoms. The van der Waals surface area contributed by atoms with E-state index in [0.29, 0.717) is 23.0 Å². The van der Waals surface area contributed by atoms with Gasteiger partial charge in [-0.25, -0.2) is 9.36 Å². The maximum absolute atomic E-state index is 12.5. The summed E-state index contributed by atoms with van der Waals surface area (Å²) in [5.41, 5.74) is 0.269. The van der Waals surface area contributed by atoms with Crippen LogP contribution in [0.25, 0.3) is 10.9 Å². The summed E-state index contributed by atoms with van der Waals surface area (Å²) in [6.07, 6.45) is -0.00148. The monoisotopic (exact) mass is 348 g/mol. The van der Waals surface area contributed by atoms with Gasteiger partial charge in [0.2, 0.25) is 0 Å². The van der Waals surface area contributed by atoms with Crippen LogP contribution < -0.4 is 0 Å². The molecule has 2 aromatic rings. The van der Waals surface area contributed by atoms with Crippen molar-refractivity contribution in [3.8, 4) is 0 Å². The molecule has 1 aromatic heterocycles. The highest BCUT2D eigenvalue weighted by Crippen LogP contribution is 2.35. The quantitative estimate of drug-likeness (QED) is 0.472. The van der Waals surface area contributed by atoms with Crippen molar-refractivity contribution in [3.63, 3.8) is 0 Å². The second kappa shape index (κ2) is 6.54. The van der Waals surface area contributed by atoms with Crippen molar-refractivity contribution in [1.82, 2.24) is 4.57 Å². The van der Waals surface area contributed by atoms with Crippen molar-refractivity contribution in [3.05, 3.63) is 39.6 Å². The van der Waals surface area contributed by atoms with Crippen LogP contribution in [0.15, 0.2) is 18.3 Å². The highest BCUT2D eigenvalue weighted by atomic mass is 16.6. The van der Waals surface area contributed by atoms with E-state index in [9.17, 15) is 19.7 Å². The van der Waals surface area contributed by atoms with Crippen LogP contribution >= 0.6 is 0 Å². The normalized spacial score (nSPS) is 12.7. The summed E-state index contributed by atoms with van der Waals surface area (Å²) >= 11 is 0. The van der Waals surface area contributed by atoms with Crippen molar-refractivity contribution < 1.29 is 24.0 Å². The molecule has 0 saturated carbocycles. The average Bonchev–Trinajstić information content (AvgIpc) is 2.84.